The van der Waals surface area contributed by atoms with Crippen molar-refractivity contribution in [3.05, 3.63) is 42.2 Å². The molecule has 0 spiro atoms. The first-order valence-corrected chi connectivity index (χ1v) is 7.17. The molecule has 0 aliphatic rings. The molecule has 1 aromatic carbocycles. The van der Waals surface area contributed by atoms with Crippen molar-refractivity contribution in [2.75, 3.05) is 6.26 Å². The minimum Gasteiger partial charge on any atom is -0.436 e. The molecule has 0 unspecified atom stereocenters. The maximum Gasteiger partial charge on any atom is 0.416 e. The van der Waals surface area contributed by atoms with Crippen molar-refractivity contribution < 1.29 is 17.6 Å². The zero-order chi connectivity index (χ0) is 15.0. The number of aromatic nitrogens is 2. The summed E-state index contributed by atoms with van der Waals surface area (Å²) in [6.45, 7) is 0. The molecule has 3 rings (SSSR count). The molecule has 21 heavy (non-hydrogen) atoms. The van der Waals surface area contributed by atoms with Crippen LogP contribution in [0.5, 0.6) is 0 Å². The average Bonchev–Trinajstić information content (AvgIpc) is 2.89. The lowest BCUT2D eigenvalue weighted by Gasteiger charge is -2.04. The van der Waals surface area contributed by atoms with Crippen molar-refractivity contribution in [1.29, 1.82) is 0 Å². The molecule has 2 aromatic heterocycles. The number of rotatable bonds is 2. The molecule has 0 fully saturated rings. The molecule has 0 saturated heterocycles. The van der Waals surface area contributed by atoms with Gasteiger partial charge in [-0.3, -0.25) is 4.98 Å². The van der Waals surface area contributed by atoms with Crippen LogP contribution in [0.4, 0.5) is 13.2 Å². The molecule has 0 amide bonds. The van der Waals surface area contributed by atoms with Gasteiger partial charge in [-0.1, -0.05) is 0 Å². The fourth-order valence-corrected chi connectivity index (χ4v) is 2.48. The van der Waals surface area contributed by atoms with E-state index < -0.39 is 11.7 Å². The third kappa shape index (κ3) is 2.61. The van der Waals surface area contributed by atoms with Gasteiger partial charge in [0.25, 0.3) is 0 Å². The SMILES string of the molecule is CSc1cnccc1-c1nc2cc(C(F)(F)F)ccc2o1. The van der Waals surface area contributed by atoms with E-state index in [0.717, 1.165) is 17.0 Å². The van der Waals surface area contributed by atoms with E-state index in [2.05, 4.69) is 9.97 Å². The Morgan fingerprint density at radius 3 is 2.71 bits per heavy atom. The van der Waals surface area contributed by atoms with Crippen LogP contribution in [-0.2, 0) is 6.18 Å². The number of pyridine rings is 1. The van der Waals surface area contributed by atoms with Gasteiger partial charge >= 0.3 is 6.18 Å². The highest BCUT2D eigenvalue weighted by atomic mass is 32.2. The second-order valence-electron chi connectivity index (χ2n) is 4.28. The zero-order valence-corrected chi connectivity index (χ0v) is 11.6. The molecule has 0 N–H and O–H groups in total. The van der Waals surface area contributed by atoms with Crippen LogP contribution in [0.1, 0.15) is 5.56 Å². The van der Waals surface area contributed by atoms with E-state index in [9.17, 15) is 13.2 Å². The first-order valence-electron chi connectivity index (χ1n) is 5.95. The molecule has 0 bridgehead atoms. The number of fused-ring (bicyclic) bond motifs is 1. The van der Waals surface area contributed by atoms with Gasteiger partial charge in [0.2, 0.25) is 5.89 Å². The smallest absolute Gasteiger partial charge is 0.416 e. The summed E-state index contributed by atoms with van der Waals surface area (Å²) in [4.78, 5) is 9.01. The topological polar surface area (TPSA) is 38.9 Å². The van der Waals surface area contributed by atoms with E-state index in [1.54, 1.807) is 18.5 Å². The number of benzene rings is 1. The molecule has 7 heteroatoms. The van der Waals surface area contributed by atoms with Crippen molar-refractivity contribution in [1.82, 2.24) is 9.97 Å². The highest BCUT2D eigenvalue weighted by molar-refractivity contribution is 7.98. The normalized spacial score (nSPS) is 12.0. The van der Waals surface area contributed by atoms with Gasteiger partial charge < -0.3 is 4.42 Å². The van der Waals surface area contributed by atoms with Crippen LogP contribution in [-0.4, -0.2) is 16.2 Å². The highest BCUT2D eigenvalue weighted by Gasteiger charge is 2.31. The van der Waals surface area contributed by atoms with Crippen molar-refractivity contribution in [3.63, 3.8) is 0 Å². The Hall–Kier alpha value is -2.02. The summed E-state index contributed by atoms with van der Waals surface area (Å²) < 4.78 is 43.6. The summed E-state index contributed by atoms with van der Waals surface area (Å²) >= 11 is 1.47. The summed E-state index contributed by atoms with van der Waals surface area (Å²) in [6.07, 6.45) is 0.737. The average molecular weight is 310 g/mol. The summed E-state index contributed by atoms with van der Waals surface area (Å²) in [5.74, 6) is 0.288. The van der Waals surface area contributed by atoms with Crippen LogP contribution in [0.2, 0.25) is 0 Å². The molecule has 0 atom stereocenters. The van der Waals surface area contributed by atoms with E-state index in [-0.39, 0.29) is 11.4 Å². The van der Waals surface area contributed by atoms with E-state index >= 15 is 0 Å². The third-order valence-electron chi connectivity index (χ3n) is 2.95. The van der Waals surface area contributed by atoms with Gasteiger partial charge in [0.05, 0.1) is 11.1 Å². The number of halogens is 3. The summed E-state index contributed by atoms with van der Waals surface area (Å²) in [5, 5.41) is 0. The molecule has 0 radical (unpaired) electrons. The maximum absolute atomic E-state index is 12.7. The van der Waals surface area contributed by atoms with Crippen molar-refractivity contribution in [2.45, 2.75) is 11.1 Å². The predicted molar refractivity (Wildman–Crippen MR) is 74.0 cm³/mol. The predicted octanol–water partition coefficient (Wildman–Crippen LogP) is 4.63. The monoisotopic (exact) mass is 310 g/mol. The van der Waals surface area contributed by atoms with Gasteiger partial charge in [0, 0.05) is 17.3 Å². The lowest BCUT2D eigenvalue weighted by Crippen LogP contribution is -2.03. The lowest BCUT2D eigenvalue weighted by atomic mass is 10.2. The highest BCUT2D eigenvalue weighted by Crippen LogP contribution is 2.34. The molecule has 2 heterocycles. The van der Waals surface area contributed by atoms with Crippen LogP contribution in [0.3, 0.4) is 0 Å². The lowest BCUT2D eigenvalue weighted by molar-refractivity contribution is -0.137. The fraction of sp³-hybridized carbons (Fsp3) is 0.143. The van der Waals surface area contributed by atoms with Crippen LogP contribution in [0.25, 0.3) is 22.6 Å². The van der Waals surface area contributed by atoms with Gasteiger partial charge in [-0.2, -0.15) is 13.2 Å². The van der Waals surface area contributed by atoms with Crippen molar-refractivity contribution >= 4 is 22.9 Å². The minimum absolute atomic E-state index is 0.184. The number of hydrogen-bond donors (Lipinski definition) is 0. The van der Waals surface area contributed by atoms with Crippen LogP contribution in [0, 0.1) is 0 Å². The second-order valence-corrected chi connectivity index (χ2v) is 5.12. The third-order valence-corrected chi connectivity index (χ3v) is 3.71. The quantitative estimate of drug-likeness (QED) is 0.647. The van der Waals surface area contributed by atoms with E-state index in [4.69, 9.17) is 4.42 Å². The van der Waals surface area contributed by atoms with Gasteiger partial charge in [-0.15, -0.1) is 11.8 Å². The maximum atomic E-state index is 12.7. The summed E-state index contributed by atoms with van der Waals surface area (Å²) in [6, 6.07) is 4.98. The Morgan fingerprint density at radius 1 is 1.19 bits per heavy atom. The van der Waals surface area contributed by atoms with Crippen LogP contribution >= 0.6 is 11.8 Å². The van der Waals surface area contributed by atoms with Crippen molar-refractivity contribution in [2.24, 2.45) is 0 Å². The van der Waals surface area contributed by atoms with Gasteiger partial charge in [-0.25, -0.2) is 4.98 Å². The minimum atomic E-state index is -4.39. The number of alkyl halides is 3. The molecule has 0 aliphatic heterocycles. The van der Waals surface area contributed by atoms with Gasteiger partial charge in [0.15, 0.2) is 5.58 Å². The van der Waals surface area contributed by atoms with Crippen molar-refractivity contribution in [3.8, 4) is 11.5 Å². The molecule has 3 nitrogen and oxygen atoms in total. The molecular formula is C14H9F3N2OS. The van der Waals surface area contributed by atoms with E-state index in [0.29, 0.717) is 11.1 Å². The fourth-order valence-electron chi connectivity index (χ4n) is 1.94. The molecule has 108 valence electrons. The van der Waals surface area contributed by atoms with Gasteiger partial charge in [-0.05, 0) is 30.5 Å². The first-order chi connectivity index (χ1) is 9.99. The standard InChI is InChI=1S/C14H9F3N2OS/c1-21-12-7-18-5-4-9(12)13-19-10-6-8(14(15,16)17)2-3-11(10)20-13/h2-7H,1H3. The molecular weight excluding hydrogens is 301 g/mol. The number of nitrogens with zero attached hydrogens (tertiary/aromatic N) is 2. The van der Waals surface area contributed by atoms with E-state index in [1.807, 2.05) is 6.26 Å². The Bertz CT molecular complexity index is 798. The van der Waals surface area contributed by atoms with Crippen LogP contribution in [0.15, 0.2) is 46.0 Å². The number of oxazole rings is 1. The largest absolute Gasteiger partial charge is 0.436 e. The molecule has 0 saturated carbocycles. The summed E-state index contributed by atoms with van der Waals surface area (Å²) in [5.41, 5.74) is 0.475. The Kier molecular flexibility index (Phi) is 3.36. The Balaban J connectivity index is 2.13. The summed E-state index contributed by atoms with van der Waals surface area (Å²) in [7, 11) is 0. The Morgan fingerprint density at radius 2 is 2.00 bits per heavy atom. The first kappa shape index (κ1) is 13.9. The van der Waals surface area contributed by atoms with E-state index in [1.165, 1.54) is 17.8 Å². The Labute approximate surface area is 122 Å². The van der Waals surface area contributed by atoms with Crippen LogP contribution < -0.4 is 0 Å². The molecule has 0 aliphatic carbocycles. The molecule has 3 aromatic rings. The zero-order valence-electron chi connectivity index (χ0n) is 10.8. The number of thioether (sulfide) groups is 1. The number of hydrogen-bond acceptors (Lipinski definition) is 4. The van der Waals surface area contributed by atoms with Gasteiger partial charge in [0.1, 0.15) is 5.52 Å². The second kappa shape index (κ2) is 5.07.